The molecular weight excluding hydrogens is 366 g/mol. The molecule has 3 aromatic carbocycles. The van der Waals surface area contributed by atoms with Crippen molar-refractivity contribution in [3.63, 3.8) is 0 Å². The lowest BCUT2D eigenvalue weighted by molar-refractivity contribution is -0.113. The van der Waals surface area contributed by atoms with Crippen molar-refractivity contribution in [1.29, 1.82) is 5.26 Å². The molecule has 1 amide bonds. The molecule has 0 atom stereocenters. The van der Waals surface area contributed by atoms with Gasteiger partial charge in [0.2, 0.25) is 0 Å². The van der Waals surface area contributed by atoms with Gasteiger partial charge in [-0.15, -0.1) is 0 Å². The molecule has 134 valence electrons. The minimum atomic E-state index is -0.116. The average Bonchev–Trinajstić information content (AvgIpc) is 3.04. The second-order valence-electron chi connectivity index (χ2n) is 6.05. The van der Waals surface area contributed by atoms with Crippen LogP contribution < -0.4 is 4.90 Å². The number of hydrogen-bond acceptors (Lipinski definition) is 4. The standard InChI is InChI=1S/C23H15N3OS/c24-16-18-13-11-17(12-14-18)15-21-22(27)26(20-9-5-2-6-10-20)23(28-21)25-19-7-3-1-4-8-19/h1-15H/b21-15-,25-23?. The van der Waals surface area contributed by atoms with E-state index in [1.807, 2.05) is 78.9 Å². The van der Waals surface area contributed by atoms with Crippen LogP contribution in [0.4, 0.5) is 11.4 Å². The molecule has 28 heavy (non-hydrogen) atoms. The van der Waals surface area contributed by atoms with Gasteiger partial charge in [-0.3, -0.25) is 9.69 Å². The monoisotopic (exact) mass is 381 g/mol. The number of rotatable bonds is 3. The number of aliphatic imine (C=N–C) groups is 1. The van der Waals surface area contributed by atoms with Crippen molar-refractivity contribution in [2.45, 2.75) is 0 Å². The lowest BCUT2D eigenvalue weighted by atomic mass is 10.1. The molecule has 0 aromatic heterocycles. The molecule has 1 heterocycles. The summed E-state index contributed by atoms with van der Waals surface area (Å²) in [5.41, 5.74) is 3.02. The molecular formula is C23H15N3OS. The van der Waals surface area contributed by atoms with Crippen LogP contribution in [0.15, 0.2) is 94.8 Å². The highest BCUT2D eigenvalue weighted by Crippen LogP contribution is 2.37. The van der Waals surface area contributed by atoms with Crippen molar-refractivity contribution >= 4 is 40.3 Å². The van der Waals surface area contributed by atoms with Gasteiger partial charge in [-0.25, -0.2) is 4.99 Å². The van der Waals surface area contributed by atoms with E-state index in [-0.39, 0.29) is 5.91 Å². The SMILES string of the molecule is N#Cc1ccc(/C=C2\SC(=Nc3ccccc3)N(c3ccccc3)C2=O)cc1. The second-order valence-corrected chi connectivity index (χ2v) is 7.06. The summed E-state index contributed by atoms with van der Waals surface area (Å²) >= 11 is 1.34. The Morgan fingerprint density at radius 2 is 1.54 bits per heavy atom. The fourth-order valence-corrected chi connectivity index (χ4v) is 3.77. The lowest BCUT2D eigenvalue weighted by Gasteiger charge is -2.15. The van der Waals surface area contributed by atoms with Gasteiger partial charge in [0.15, 0.2) is 5.17 Å². The number of para-hydroxylation sites is 2. The molecule has 0 spiro atoms. The highest BCUT2D eigenvalue weighted by Gasteiger charge is 2.34. The Hall–Kier alpha value is -3.62. The average molecular weight is 381 g/mol. The zero-order valence-corrected chi connectivity index (χ0v) is 15.6. The molecule has 5 heteroatoms. The summed E-state index contributed by atoms with van der Waals surface area (Å²) < 4.78 is 0. The topological polar surface area (TPSA) is 56.5 Å². The predicted molar refractivity (Wildman–Crippen MR) is 114 cm³/mol. The maximum Gasteiger partial charge on any atom is 0.271 e. The van der Waals surface area contributed by atoms with Crippen molar-refractivity contribution in [2.75, 3.05) is 4.90 Å². The van der Waals surface area contributed by atoms with Crippen LogP contribution in [-0.4, -0.2) is 11.1 Å². The van der Waals surface area contributed by atoms with Crippen LogP contribution in [0.2, 0.25) is 0 Å². The minimum absolute atomic E-state index is 0.116. The molecule has 0 bridgehead atoms. The Labute approximate surface area is 167 Å². The van der Waals surface area contributed by atoms with Gasteiger partial charge in [0.25, 0.3) is 5.91 Å². The Kier molecular flexibility index (Phi) is 5.05. The molecule has 0 saturated carbocycles. The van der Waals surface area contributed by atoms with E-state index in [0.717, 1.165) is 16.9 Å². The Morgan fingerprint density at radius 3 is 2.18 bits per heavy atom. The van der Waals surface area contributed by atoms with Crippen molar-refractivity contribution in [1.82, 2.24) is 0 Å². The maximum absolute atomic E-state index is 13.1. The van der Waals surface area contributed by atoms with Crippen LogP contribution in [0.3, 0.4) is 0 Å². The Balaban J connectivity index is 1.74. The molecule has 4 nitrogen and oxygen atoms in total. The number of nitriles is 1. The van der Waals surface area contributed by atoms with E-state index in [4.69, 9.17) is 5.26 Å². The van der Waals surface area contributed by atoms with Crippen LogP contribution in [0.25, 0.3) is 6.08 Å². The van der Waals surface area contributed by atoms with E-state index in [0.29, 0.717) is 15.6 Å². The van der Waals surface area contributed by atoms with E-state index in [1.165, 1.54) is 11.8 Å². The van der Waals surface area contributed by atoms with Crippen LogP contribution in [-0.2, 0) is 4.79 Å². The number of carbonyl (C=O) groups excluding carboxylic acids is 1. The van der Waals surface area contributed by atoms with Crippen molar-refractivity contribution in [3.8, 4) is 6.07 Å². The molecule has 0 unspecified atom stereocenters. The van der Waals surface area contributed by atoms with Gasteiger partial charge < -0.3 is 0 Å². The Morgan fingerprint density at radius 1 is 0.893 bits per heavy atom. The summed E-state index contributed by atoms with van der Waals surface area (Å²) in [4.78, 5) is 20.0. The van der Waals surface area contributed by atoms with Gasteiger partial charge in [0.1, 0.15) is 0 Å². The van der Waals surface area contributed by atoms with Crippen molar-refractivity contribution in [2.24, 2.45) is 4.99 Å². The van der Waals surface area contributed by atoms with Crippen LogP contribution >= 0.6 is 11.8 Å². The first-order valence-corrected chi connectivity index (χ1v) is 9.49. The van der Waals surface area contributed by atoms with Crippen molar-refractivity contribution in [3.05, 3.63) is 101 Å². The zero-order chi connectivity index (χ0) is 19.3. The number of anilines is 1. The quantitative estimate of drug-likeness (QED) is 0.573. The summed E-state index contributed by atoms with van der Waals surface area (Å²) in [6.45, 7) is 0. The molecule has 0 radical (unpaired) electrons. The number of nitrogens with zero attached hydrogens (tertiary/aromatic N) is 3. The van der Waals surface area contributed by atoms with E-state index >= 15 is 0 Å². The molecule has 4 rings (SSSR count). The van der Waals surface area contributed by atoms with Gasteiger partial charge in [-0.2, -0.15) is 5.26 Å². The van der Waals surface area contributed by atoms with E-state index in [1.54, 1.807) is 17.0 Å². The zero-order valence-electron chi connectivity index (χ0n) is 14.8. The predicted octanol–water partition coefficient (Wildman–Crippen LogP) is 5.37. The number of thioether (sulfide) groups is 1. The summed E-state index contributed by atoms with van der Waals surface area (Å²) in [6.07, 6.45) is 1.83. The smallest absolute Gasteiger partial charge is 0.268 e. The van der Waals surface area contributed by atoms with Gasteiger partial charge in [-0.05, 0) is 59.8 Å². The first-order chi connectivity index (χ1) is 13.7. The number of amidine groups is 1. The molecule has 1 saturated heterocycles. The number of hydrogen-bond donors (Lipinski definition) is 0. The summed E-state index contributed by atoms with van der Waals surface area (Å²) in [5, 5.41) is 9.56. The van der Waals surface area contributed by atoms with Gasteiger partial charge >= 0.3 is 0 Å². The van der Waals surface area contributed by atoms with Crippen LogP contribution in [0.5, 0.6) is 0 Å². The minimum Gasteiger partial charge on any atom is -0.268 e. The normalized spacial score (nSPS) is 16.5. The molecule has 1 fully saturated rings. The van der Waals surface area contributed by atoms with E-state index in [2.05, 4.69) is 11.1 Å². The highest BCUT2D eigenvalue weighted by atomic mass is 32.2. The number of amides is 1. The second kappa shape index (κ2) is 7.95. The van der Waals surface area contributed by atoms with E-state index in [9.17, 15) is 4.79 Å². The highest BCUT2D eigenvalue weighted by molar-refractivity contribution is 8.19. The first kappa shape index (κ1) is 17.8. The van der Waals surface area contributed by atoms with Gasteiger partial charge in [0, 0.05) is 0 Å². The Bertz CT molecular complexity index is 1100. The third kappa shape index (κ3) is 3.73. The summed E-state index contributed by atoms with van der Waals surface area (Å²) in [5.74, 6) is -0.116. The number of carbonyl (C=O) groups is 1. The third-order valence-electron chi connectivity index (χ3n) is 4.14. The third-order valence-corrected chi connectivity index (χ3v) is 5.11. The molecule has 0 aliphatic carbocycles. The van der Waals surface area contributed by atoms with Crippen LogP contribution in [0.1, 0.15) is 11.1 Å². The summed E-state index contributed by atoms with van der Waals surface area (Å²) in [6, 6.07) is 28.3. The largest absolute Gasteiger partial charge is 0.271 e. The molecule has 0 N–H and O–H groups in total. The lowest BCUT2D eigenvalue weighted by Crippen LogP contribution is -2.28. The van der Waals surface area contributed by atoms with Crippen molar-refractivity contribution < 1.29 is 4.79 Å². The number of benzene rings is 3. The van der Waals surface area contributed by atoms with E-state index < -0.39 is 0 Å². The van der Waals surface area contributed by atoms with Crippen LogP contribution in [0, 0.1) is 11.3 Å². The molecule has 1 aliphatic rings. The van der Waals surface area contributed by atoms with Gasteiger partial charge in [0.05, 0.1) is 27.9 Å². The fourth-order valence-electron chi connectivity index (χ4n) is 2.77. The molecule has 1 aliphatic heterocycles. The summed E-state index contributed by atoms with van der Waals surface area (Å²) in [7, 11) is 0. The molecule has 3 aromatic rings. The fraction of sp³-hybridized carbons (Fsp3) is 0. The first-order valence-electron chi connectivity index (χ1n) is 8.67. The van der Waals surface area contributed by atoms with Gasteiger partial charge in [-0.1, -0.05) is 48.5 Å². The maximum atomic E-state index is 13.1.